The maximum absolute atomic E-state index is 12.2. The molecule has 0 radical (unpaired) electrons. The lowest BCUT2D eigenvalue weighted by Crippen LogP contribution is -2.35. The maximum Gasteiger partial charge on any atom is 0.324 e. The van der Waals surface area contributed by atoms with E-state index in [-0.39, 0.29) is 23.8 Å². The summed E-state index contributed by atoms with van der Waals surface area (Å²) in [5.41, 5.74) is 2.08. The number of aromatic nitrogens is 2. The molecule has 126 valence electrons. The number of thioether (sulfide) groups is 1. The van der Waals surface area contributed by atoms with Gasteiger partial charge in [-0.15, -0.1) is 0 Å². The van der Waals surface area contributed by atoms with Crippen LogP contribution >= 0.6 is 11.8 Å². The van der Waals surface area contributed by atoms with Crippen LogP contribution in [0.4, 0.5) is 4.79 Å². The largest absolute Gasteiger partial charge is 0.376 e. The highest BCUT2D eigenvalue weighted by molar-refractivity contribution is 7.99. The molecule has 0 spiro atoms. The zero-order chi connectivity index (χ0) is 16.4. The number of hydrogen-bond donors (Lipinski definition) is 1. The van der Waals surface area contributed by atoms with Crippen LogP contribution < -0.4 is 5.32 Å². The van der Waals surface area contributed by atoms with Crippen molar-refractivity contribution in [3.05, 3.63) is 11.4 Å². The van der Waals surface area contributed by atoms with Crippen molar-refractivity contribution in [3.63, 3.8) is 0 Å². The predicted molar refractivity (Wildman–Crippen MR) is 86.5 cm³/mol. The molecular weight excluding hydrogens is 316 g/mol. The van der Waals surface area contributed by atoms with Crippen molar-refractivity contribution in [2.75, 3.05) is 25.4 Å². The van der Waals surface area contributed by atoms with E-state index in [1.807, 2.05) is 13.8 Å². The summed E-state index contributed by atoms with van der Waals surface area (Å²) >= 11 is 1.39. The molecule has 2 aliphatic heterocycles. The monoisotopic (exact) mass is 338 g/mol. The number of aryl methyl sites for hydroxylation is 1. The number of imidazole rings is 1. The molecule has 1 aromatic rings. The van der Waals surface area contributed by atoms with Gasteiger partial charge in [-0.3, -0.25) is 9.69 Å². The van der Waals surface area contributed by atoms with Crippen LogP contribution in [-0.2, 0) is 16.1 Å². The summed E-state index contributed by atoms with van der Waals surface area (Å²) < 4.78 is 7.84. The lowest BCUT2D eigenvalue weighted by atomic mass is 10.2. The molecule has 2 aliphatic rings. The highest BCUT2D eigenvalue weighted by Crippen LogP contribution is 2.24. The van der Waals surface area contributed by atoms with Crippen LogP contribution in [-0.4, -0.2) is 57.9 Å². The van der Waals surface area contributed by atoms with E-state index >= 15 is 0 Å². The van der Waals surface area contributed by atoms with Crippen molar-refractivity contribution in [2.45, 2.75) is 44.5 Å². The van der Waals surface area contributed by atoms with Gasteiger partial charge in [0.25, 0.3) is 0 Å². The Morgan fingerprint density at radius 2 is 2.30 bits per heavy atom. The average molecular weight is 338 g/mol. The molecule has 3 amide bonds. The average Bonchev–Trinajstić information content (AvgIpc) is 3.23. The number of nitrogens with zero attached hydrogens (tertiary/aromatic N) is 3. The summed E-state index contributed by atoms with van der Waals surface area (Å²) in [6, 6.07) is -0.300. The summed E-state index contributed by atoms with van der Waals surface area (Å²) in [4.78, 5) is 29.5. The Bertz CT molecular complexity index is 610. The van der Waals surface area contributed by atoms with Crippen molar-refractivity contribution in [1.29, 1.82) is 0 Å². The Kier molecular flexibility index (Phi) is 4.91. The number of amides is 3. The van der Waals surface area contributed by atoms with Crippen molar-refractivity contribution in [3.8, 4) is 0 Å². The lowest BCUT2D eigenvalue weighted by Gasteiger charge is -2.15. The van der Waals surface area contributed by atoms with Crippen molar-refractivity contribution in [1.82, 2.24) is 19.8 Å². The minimum Gasteiger partial charge on any atom is -0.376 e. The number of carbonyl (C=O) groups excluding carboxylic acids is 2. The predicted octanol–water partition coefficient (Wildman–Crippen LogP) is 1.32. The molecule has 1 aromatic heterocycles. The van der Waals surface area contributed by atoms with E-state index < -0.39 is 0 Å². The summed E-state index contributed by atoms with van der Waals surface area (Å²) in [6.45, 7) is 6.58. The van der Waals surface area contributed by atoms with E-state index in [0.29, 0.717) is 13.1 Å². The molecule has 0 bridgehead atoms. The van der Waals surface area contributed by atoms with Gasteiger partial charge in [0, 0.05) is 25.4 Å². The molecule has 0 aliphatic carbocycles. The summed E-state index contributed by atoms with van der Waals surface area (Å²) in [5.74, 6) is 0.0430. The number of ether oxygens (including phenoxy) is 1. The Labute approximate surface area is 139 Å². The van der Waals surface area contributed by atoms with Gasteiger partial charge in [-0.05, 0) is 26.7 Å². The van der Waals surface area contributed by atoms with Gasteiger partial charge < -0.3 is 14.6 Å². The van der Waals surface area contributed by atoms with Crippen LogP contribution in [0.3, 0.4) is 0 Å². The molecule has 23 heavy (non-hydrogen) atoms. The fourth-order valence-electron chi connectivity index (χ4n) is 2.85. The third-order valence-corrected chi connectivity index (χ3v) is 5.28. The number of imide groups is 1. The topological polar surface area (TPSA) is 76.5 Å². The van der Waals surface area contributed by atoms with E-state index in [9.17, 15) is 9.59 Å². The van der Waals surface area contributed by atoms with Crippen LogP contribution in [0.2, 0.25) is 0 Å². The molecule has 0 unspecified atom stereocenters. The van der Waals surface area contributed by atoms with Crippen molar-refractivity contribution >= 4 is 23.7 Å². The molecule has 3 heterocycles. The number of carbonyl (C=O) groups is 2. The van der Waals surface area contributed by atoms with E-state index in [1.165, 1.54) is 16.7 Å². The molecule has 2 saturated heterocycles. The maximum atomic E-state index is 12.2. The summed E-state index contributed by atoms with van der Waals surface area (Å²) in [7, 11) is 0. The quantitative estimate of drug-likeness (QED) is 0.820. The normalized spacial score (nSPS) is 21.0. The fraction of sp³-hybridized carbons (Fsp3) is 0.667. The Hall–Kier alpha value is -1.54. The van der Waals surface area contributed by atoms with E-state index in [0.717, 1.165) is 42.5 Å². The van der Waals surface area contributed by atoms with Gasteiger partial charge in [-0.25, -0.2) is 9.78 Å². The van der Waals surface area contributed by atoms with Gasteiger partial charge in [0.1, 0.15) is 0 Å². The second kappa shape index (κ2) is 6.92. The van der Waals surface area contributed by atoms with E-state index in [1.54, 1.807) is 0 Å². The van der Waals surface area contributed by atoms with Crippen LogP contribution in [0.25, 0.3) is 0 Å². The third-order valence-electron chi connectivity index (χ3n) is 4.32. The smallest absolute Gasteiger partial charge is 0.324 e. The Balaban J connectivity index is 1.66. The third kappa shape index (κ3) is 3.53. The molecule has 1 N–H and O–H groups in total. The molecule has 0 saturated carbocycles. The second-order valence-electron chi connectivity index (χ2n) is 5.88. The van der Waals surface area contributed by atoms with Crippen molar-refractivity contribution < 1.29 is 14.3 Å². The molecular formula is C15H22N4O3S. The van der Waals surface area contributed by atoms with Crippen LogP contribution in [0, 0.1) is 13.8 Å². The molecule has 1 atom stereocenters. The van der Waals surface area contributed by atoms with Gasteiger partial charge in [0.2, 0.25) is 5.91 Å². The summed E-state index contributed by atoms with van der Waals surface area (Å²) in [6.07, 6.45) is 2.39. The lowest BCUT2D eigenvalue weighted by molar-refractivity contribution is -0.124. The van der Waals surface area contributed by atoms with Crippen LogP contribution in [0.15, 0.2) is 5.16 Å². The Morgan fingerprint density at radius 1 is 1.48 bits per heavy atom. The minimum absolute atomic E-state index is 0.174. The van der Waals surface area contributed by atoms with Gasteiger partial charge in [-0.2, -0.15) is 0 Å². The molecule has 7 nitrogen and oxygen atoms in total. The van der Waals surface area contributed by atoms with Gasteiger partial charge in [0.05, 0.1) is 24.1 Å². The zero-order valence-corrected chi connectivity index (χ0v) is 14.3. The molecule has 2 fully saturated rings. The SMILES string of the molecule is Cc1nc(SCC(=O)N2CCNC2=O)n(C[C@H]2CCCO2)c1C. The van der Waals surface area contributed by atoms with Gasteiger partial charge >= 0.3 is 6.03 Å². The van der Waals surface area contributed by atoms with Crippen molar-refractivity contribution in [2.24, 2.45) is 0 Å². The first-order chi connectivity index (χ1) is 11.1. The molecule has 8 heteroatoms. The van der Waals surface area contributed by atoms with Crippen LogP contribution in [0.1, 0.15) is 24.2 Å². The first-order valence-corrected chi connectivity index (χ1v) is 8.91. The van der Waals surface area contributed by atoms with E-state index in [2.05, 4.69) is 14.9 Å². The number of rotatable bonds is 5. The number of urea groups is 1. The van der Waals surface area contributed by atoms with Gasteiger partial charge in [0.15, 0.2) is 5.16 Å². The molecule has 0 aromatic carbocycles. The fourth-order valence-corrected chi connectivity index (χ4v) is 3.83. The highest BCUT2D eigenvalue weighted by atomic mass is 32.2. The second-order valence-corrected chi connectivity index (χ2v) is 6.82. The Morgan fingerprint density at radius 3 is 2.96 bits per heavy atom. The first kappa shape index (κ1) is 16.3. The zero-order valence-electron chi connectivity index (χ0n) is 13.5. The minimum atomic E-state index is -0.300. The highest BCUT2D eigenvalue weighted by Gasteiger charge is 2.27. The number of nitrogens with one attached hydrogen (secondary N) is 1. The first-order valence-electron chi connectivity index (χ1n) is 7.92. The number of hydrogen-bond acceptors (Lipinski definition) is 5. The van der Waals surface area contributed by atoms with Gasteiger partial charge in [-0.1, -0.05) is 11.8 Å². The molecule has 3 rings (SSSR count). The van der Waals surface area contributed by atoms with E-state index in [4.69, 9.17) is 4.74 Å². The summed E-state index contributed by atoms with van der Waals surface area (Å²) in [5, 5.41) is 3.46. The standard InChI is InChI=1S/C15H22N4O3S/c1-10-11(2)19(8-12-4-3-7-22-12)15(17-10)23-9-13(20)18-6-5-16-14(18)21/h12H,3-9H2,1-2H3,(H,16,21)/t12-/m1/s1. The van der Waals surface area contributed by atoms with Crippen LogP contribution in [0.5, 0.6) is 0 Å².